The molecule has 5 heteroatoms. The monoisotopic (exact) mass is 278 g/mol. The maximum Gasteiger partial charge on any atom is 0.129 e. The average molecular weight is 278 g/mol. The Hall–Kier alpha value is -1.17. The Kier molecular flexibility index (Phi) is 4.96. The SMILES string of the molecule is CNC(C)c1ccnc(N2CC(O)CC2CN(C)C)c1. The predicted molar refractivity (Wildman–Crippen MR) is 82.0 cm³/mol. The normalized spacial score (nSPS) is 24.4. The van der Waals surface area contributed by atoms with Gasteiger partial charge in [-0.15, -0.1) is 0 Å². The molecule has 3 unspecified atom stereocenters. The Balaban J connectivity index is 2.20. The Morgan fingerprint density at radius 2 is 2.30 bits per heavy atom. The molecule has 0 bridgehead atoms. The summed E-state index contributed by atoms with van der Waals surface area (Å²) in [6.45, 7) is 3.74. The van der Waals surface area contributed by atoms with Gasteiger partial charge in [-0.2, -0.15) is 0 Å². The number of nitrogens with zero attached hydrogens (tertiary/aromatic N) is 3. The van der Waals surface area contributed by atoms with E-state index in [0.29, 0.717) is 18.6 Å². The first-order valence-corrected chi connectivity index (χ1v) is 7.24. The van der Waals surface area contributed by atoms with Crippen LogP contribution in [0.25, 0.3) is 0 Å². The van der Waals surface area contributed by atoms with E-state index in [1.165, 1.54) is 5.56 Å². The summed E-state index contributed by atoms with van der Waals surface area (Å²) >= 11 is 0. The van der Waals surface area contributed by atoms with Gasteiger partial charge in [0, 0.05) is 31.4 Å². The van der Waals surface area contributed by atoms with Gasteiger partial charge in [0.1, 0.15) is 5.82 Å². The number of nitrogens with one attached hydrogen (secondary N) is 1. The molecule has 1 aliphatic rings. The quantitative estimate of drug-likeness (QED) is 0.837. The van der Waals surface area contributed by atoms with Crippen molar-refractivity contribution in [3.8, 4) is 0 Å². The highest BCUT2D eigenvalue weighted by molar-refractivity contribution is 5.44. The second-order valence-corrected chi connectivity index (χ2v) is 5.92. The number of β-amino-alcohol motifs (C(OH)–C–C–N with tert-alkyl or cyclic N) is 1. The van der Waals surface area contributed by atoms with Crippen LogP contribution in [0.4, 0.5) is 5.82 Å². The zero-order valence-electron chi connectivity index (χ0n) is 12.9. The molecule has 0 radical (unpaired) electrons. The van der Waals surface area contributed by atoms with Crippen molar-refractivity contribution in [3.05, 3.63) is 23.9 Å². The van der Waals surface area contributed by atoms with Crippen LogP contribution in [-0.4, -0.2) is 61.4 Å². The molecule has 0 aromatic carbocycles. The van der Waals surface area contributed by atoms with Crippen LogP contribution in [0.3, 0.4) is 0 Å². The molecule has 0 saturated carbocycles. The van der Waals surface area contributed by atoms with E-state index in [9.17, 15) is 5.11 Å². The van der Waals surface area contributed by atoms with Crippen LogP contribution in [0.5, 0.6) is 0 Å². The van der Waals surface area contributed by atoms with Gasteiger partial charge in [0.15, 0.2) is 0 Å². The fraction of sp³-hybridized carbons (Fsp3) is 0.667. The van der Waals surface area contributed by atoms with E-state index in [2.05, 4.69) is 47.2 Å². The Bertz CT molecular complexity index is 438. The van der Waals surface area contributed by atoms with E-state index in [0.717, 1.165) is 18.8 Å². The van der Waals surface area contributed by atoms with E-state index in [-0.39, 0.29) is 6.10 Å². The predicted octanol–water partition coefficient (Wildman–Crippen LogP) is 0.863. The third-order valence-corrected chi connectivity index (χ3v) is 3.97. The first kappa shape index (κ1) is 15.2. The Labute approximate surface area is 121 Å². The summed E-state index contributed by atoms with van der Waals surface area (Å²) in [5, 5.41) is 13.2. The Morgan fingerprint density at radius 1 is 1.55 bits per heavy atom. The van der Waals surface area contributed by atoms with Gasteiger partial charge >= 0.3 is 0 Å². The number of hydrogen-bond acceptors (Lipinski definition) is 5. The van der Waals surface area contributed by atoms with Gasteiger partial charge in [-0.3, -0.25) is 0 Å². The van der Waals surface area contributed by atoms with Crippen LogP contribution < -0.4 is 10.2 Å². The van der Waals surface area contributed by atoms with Crippen LogP contribution in [0.1, 0.15) is 24.9 Å². The first-order valence-electron chi connectivity index (χ1n) is 7.24. The molecule has 20 heavy (non-hydrogen) atoms. The minimum absolute atomic E-state index is 0.257. The maximum atomic E-state index is 9.97. The largest absolute Gasteiger partial charge is 0.391 e. The molecular weight excluding hydrogens is 252 g/mol. The lowest BCUT2D eigenvalue weighted by atomic mass is 10.1. The van der Waals surface area contributed by atoms with Crippen LogP contribution in [0.15, 0.2) is 18.3 Å². The molecular formula is C15H26N4O. The average Bonchev–Trinajstić information content (AvgIpc) is 2.78. The molecule has 1 saturated heterocycles. The van der Waals surface area contributed by atoms with Crippen molar-refractivity contribution in [2.75, 3.05) is 39.1 Å². The molecule has 5 nitrogen and oxygen atoms in total. The van der Waals surface area contributed by atoms with E-state index in [4.69, 9.17) is 0 Å². The van der Waals surface area contributed by atoms with Gasteiger partial charge in [0.05, 0.1) is 6.10 Å². The third kappa shape index (κ3) is 3.48. The van der Waals surface area contributed by atoms with Gasteiger partial charge in [0.2, 0.25) is 0 Å². The molecule has 0 aliphatic carbocycles. The highest BCUT2D eigenvalue weighted by Crippen LogP contribution is 2.26. The van der Waals surface area contributed by atoms with Crippen LogP contribution in [0, 0.1) is 0 Å². The van der Waals surface area contributed by atoms with Crippen LogP contribution in [-0.2, 0) is 0 Å². The van der Waals surface area contributed by atoms with Crippen LogP contribution >= 0.6 is 0 Å². The van der Waals surface area contributed by atoms with Crippen molar-refractivity contribution < 1.29 is 5.11 Å². The molecule has 1 aromatic rings. The molecule has 112 valence electrons. The summed E-state index contributed by atoms with van der Waals surface area (Å²) in [6.07, 6.45) is 2.41. The van der Waals surface area contributed by atoms with Crippen molar-refractivity contribution in [1.82, 2.24) is 15.2 Å². The second kappa shape index (κ2) is 6.52. The number of aliphatic hydroxyl groups is 1. The zero-order valence-corrected chi connectivity index (χ0v) is 12.9. The molecule has 1 aliphatic heterocycles. The molecule has 0 amide bonds. The van der Waals surface area contributed by atoms with Gasteiger partial charge in [-0.05, 0) is 52.2 Å². The van der Waals surface area contributed by atoms with Crippen molar-refractivity contribution in [1.29, 1.82) is 0 Å². The topological polar surface area (TPSA) is 51.6 Å². The number of aliphatic hydroxyl groups excluding tert-OH is 1. The van der Waals surface area contributed by atoms with Gasteiger partial charge in [0.25, 0.3) is 0 Å². The fourth-order valence-corrected chi connectivity index (χ4v) is 2.79. The lowest BCUT2D eigenvalue weighted by Gasteiger charge is -2.28. The summed E-state index contributed by atoms with van der Waals surface area (Å²) in [7, 11) is 6.09. The lowest BCUT2D eigenvalue weighted by Crippen LogP contribution is -2.38. The molecule has 2 rings (SSSR count). The molecule has 0 spiro atoms. The summed E-state index contributed by atoms with van der Waals surface area (Å²) in [5.41, 5.74) is 1.22. The summed E-state index contributed by atoms with van der Waals surface area (Å²) in [6, 6.07) is 4.80. The Morgan fingerprint density at radius 3 is 2.95 bits per heavy atom. The molecule has 1 fully saturated rings. The number of aromatic nitrogens is 1. The van der Waals surface area contributed by atoms with Gasteiger partial charge in [-0.1, -0.05) is 0 Å². The zero-order chi connectivity index (χ0) is 14.7. The van der Waals surface area contributed by atoms with E-state index < -0.39 is 0 Å². The van der Waals surface area contributed by atoms with Crippen molar-refractivity contribution in [2.45, 2.75) is 31.5 Å². The number of pyridine rings is 1. The maximum absolute atomic E-state index is 9.97. The van der Waals surface area contributed by atoms with Crippen molar-refractivity contribution >= 4 is 5.82 Å². The van der Waals surface area contributed by atoms with Crippen molar-refractivity contribution in [2.24, 2.45) is 0 Å². The number of hydrogen-bond donors (Lipinski definition) is 2. The molecule has 2 N–H and O–H groups in total. The third-order valence-electron chi connectivity index (χ3n) is 3.97. The van der Waals surface area contributed by atoms with E-state index in [1.807, 2.05) is 19.3 Å². The molecule has 3 atom stereocenters. The minimum atomic E-state index is -0.257. The number of anilines is 1. The standard InChI is InChI=1S/C15H26N4O/c1-11(16-2)12-5-6-17-15(7-12)19-10-14(20)8-13(19)9-18(3)4/h5-7,11,13-14,16,20H,8-10H2,1-4H3. The van der Waals surface area contributed by atoms with Crippen molar-refractivity contribution in [3.63, 3.8) is 0 Å². The van der Waals surface area contributed by atoms with E-state index >= 15 is 0 Å². The van der Waals surface area contributed by atoms with Crippen LogP contribution in [0.2, 0.25) is 0 Å². The highest BCUT2D eigenvalue weighted by Gasteiger charge is 2.32. The number of likely N-dealkylation sites (N-methyl/N-ethyl adjacent to an activating group) is 1. The fourth-order valence-electron chi connectivity index (χ4n) is 2.79. The second-order valence-electron chi connectivity index (χ2n) is 5.92. The highest BCUT2D eigenvalue weighted by atomic mass is 16.3. The molecule has 2 heterocycles. The molecule has 1 aromatic heterocycles. The minimum Gasteiger partial charge on any atom is -0.391 e. The number of rotatable bonds is 5. The first-order chi connectivity index (χ1) is 9.51. The summed E-state index contributed by atoms with van der Waals surface area (Å²) in [4.78, 5) is 8.89. The summed E-state index contributed by atoms with van der Waals surface area (Å²) < 4.78 is 0. The van der Waals surface area contributed by atoms with Gasteiger partial charge < -0.3 is 20.2 Å². The lowest BCUT2D eigenvalue weighted by molar-refractivity contribution is 0.191. The van der Waals surface area contributed by atoms with E-state index in [1.54, 1.807) is 0 Å². The van der Waals surface area contributed by atoms with Gasteiger partial charge in [-0.25, -0.2) is 4.98 Å². The summed E-state index contributed by atoms with van der Waals surface area (Å²) in [5.74, 6) is 0.966. The smallest absolute Gasteiger partial charge is 0.129 e.